The maximum atomic E-state index is 5.09. The average molecular weight is 417 g/mol. The van der Waals surface area contributed by atoms with Gasteiger partial charge in [0.25, 0.3) is 0 Å². The molecule has 0 unspecified atom stereocenters. The van der Waals surface area contributed by atoms with E-state index in [4.69, 9.17) is 4.99 Å². The summed E-state index contributed by atoms with van der Waals surface area (Å²) in [5.41, 5.74) is 8.09. The molecule has 2 heteroatoms. The Hall–Kier alpha value is -3.65. The third-order valence-corrected chi connectivity index (χ3v) is 6.10. The van der Waals surface area contributed by atoms with Crippen molar-refractivity contribution >= 4 is 33.2 Å². The van der Waals surface area contributed by atoms with E-state index in [2.05, 4.69) is 115 Å². The Bertz CT molecular complexity index is 1390. The van der Waals surface area contributed by atoms with Crippen molar-refractivity contribution in [2.75, 3.05) is 0 Å². The monoisotopic (exact) mass is 416 g/mol. The molecule has 0 amide bonds. The molecule has 4 aromatic carbocycles. The van der Waals surface area contributed by atoms with Gasteiger partial charge in [-0.05, 0) is 43.7 Å². The second-order valence-corrected chi connectivity index (χ2v) is 8.42. The topological polar surface area (TPSA) is 17.3 Å². The molecule has 0 bridgehead atoms. The molecule has 0 aliphatic rings. The first-order valence-electron chi connectivity index (χ1n) is 11.5. The lowest BCUT2D eigenvalue weighted by atomic mass is 10.00. The Labute approximate surface area is 189 Å². The molecule has 32 heavy (non-hydrogen) atoms. The maximum absolute atomic E-state index is 5.09. The largest absolute Gasteiger partial charge is 0.340 e. The Balaban J connectivity index is 1.71. The fraction of sp³-hybridized carbons (Fsp3) is 0.167. The van der Waals surface area contributed by atoms with Gasteiger partial charge in [0.05, 0.1) is 11.4 Å². The molecule has 1 heterocycles. The van der Waals surface area contributed by atoms with Crippen molar-refractivity contribution in [2.45, 2.75) is 33.2 Å². The van der Waals surface area contributed by atoms with Crippen LogP contribution in [0.25, 0.3) is 21.8 Å². The lowest BCUT2D eigenvalue weighted by Crippen LogP contribution is -2.03. The molecule has 5 rings (SSSR count). The Morgan fingerprint density at radius 3 is 2.22 bits per heavy atom. The first kappa shape index (κ1) is 20.3. The molecule has 0 fully saturated rings. The molecule has 158 valence electrons. The van der Waals surface area contributed by atoms with Crippen molar-refractivity contribution in [3.05, 3.63) is 114 Å². The summed E-state index contributed by atoms with van der Waals surface area (Å²) in [7, 11) is 0. The van der Waals surface area contributed by atoms with Gasteiger partial charge >= 0.3 is 0 Å². The minimum absolute atomic E-state index is 0.972. The highest BCUT2D eigenvalue weighted by atomic mass is 15.0. The predicted molar refractivity (Wildman–Crippen MR) is 137 cm³/mol. The van der Waals surface area contributed by atoms with Gasteiger partial charge in [-0.3, -0.25) is 0 Å². The van der Waals surface area contributed by atoms with Crippen LogP contribution in [0.5, 0.6) is 0 Å². The number of aryl methyl sites for hydroxylation is 2. The molecular formula is C30H28N2. The van der Waals surface area contributed by atoms with Gasteiger partial charge in [0.1, 0.15) is 0 Å². The molecule has 0 saturated heterocycles. The second kappa shape index (κ2) is 8.84. The Morgan fingerprint density at radius 2 is 1.44 bits per heavy atom. The van der Waals surface area contributed by atoms with Crippen LogP contribution in [0.2, 0.25) is 0 Å². The van der Waals surface area contributed by atoms with Crippen LogP contribution in [0.1, 0.15) is 36.5 Å². The van der Waals surface area contributed by atoms with Gasteiger partial charge < -0.3 is 4.57 Å². The quantitative estimate of drug-likeness (QED) is 0.249. The zero-order valence-corrected chi connectivity index (χ0v) is 18.8. The SMILES string of the molecule is CCCCn1c2ccccc2c2cc(C(=Nc3ccc(C)cc3)c3ccccc3)ccc21. The van der Waals surface area contributed by atoms with Crippen LogP contribution in [0, 0.1) is 6.92 Å². The van der Waals surface area contributed by atoms with Gasteiger partial charge in [-0.2, -0.15) is 0 Å². The van der Waals surface area contributed by atoms with Crippen LogP contribution >= 0.6 is 0 Å². The van der Waals surface area contributed by atoms with Crippen LogP contribution in [-0.2, 0) is 6.54 Å². The van der Waals surface area contributed by atoms with Gasteiger partial charge in [0.2, 0.25) is 0 Å². The summed E-state index contributed by atoms with van der Waals surface area (Å²) in [4.78, 5) is 5.09. The molecule has 0 spiro atoms. The summed E-state index contributed by atoms with van der Waals surface area (Å²) in [5.74, 6) is 0. The lowest BCUT2D eigenvalue weighted by Gasteiger charge is -2.10. The van der Waals surface area contributed by atoms with Crippen LogP contribution < -0.4 is 0 Å². The van der Waals surface area contributed by atoms with E-state index in [0.29, 0.717) is 0 Å². The smallest absolute Gasteiger partial charge is 0.0781 e. The maximum Gasteiger partial charge on any atom is 0.0781 e. The van der Waals surface area contributed by atoms with E-state index in [1.807, 2.05) is 0 Å². The third-order valence-electron chi connectivity index (χ3n) is 6.10. The van der Waals surface area contributed by atoms with Crippen LogP contribution in [0.15, 0.2) is 102 Å². The summed E-state index contributed by atoms with van der Waals surface area (Å²) >= 11 is 0. The van der Waals surface area contributed by atoms with Crippen molar-refractivity contribution in [3.8, 4) is 0 Å². The number of rotatable bonds is 6. The second-order valence-electron chi connectivity index (χ2n) is 8.42. The van der Waals surface area contributed by atoms with Gasteiger partial charge in [0.15, 0.2) is 0 Å². The molecular weight excluding hydrogens is 388 g/mol. The number of hydrogen-bond acceptors (Lipinski definition) is 1. The highest BCUT2D eigenvalue weighted by Gasteiger charge is 2.14. The van der Waals surface area contributed by atoms with Crippen molar-refractivity contribution in [2.24, 2.45) is 4.99 Å². The summed E-state index contributed by atoms with van der Waals surface area (Å²) in [6.07, 6.45) is 2.37. The van der Waals surface area contributed by atoms with Gasteiger partial charge in [-0.1, -0.05) is 85.6 Å². The van der Waals surface area contributed by atoms with Crippen molar-refractivity contribution in [3.63, 3.8) is 0 Å². The van der Waals surface area contributed by atoms with Crippen LogP contribution in [0.3, 0.4) is 0 Å². The minimum Gasteiger partial charge on any atom is -0.340 e. The highest BCUT2D eigenvalue weighted by Crippen LogP contribution is 2.31. The molecule has 0 radical (unpaired) electrons. The minimum atomic E-state index is 0.972. The Kier molecular flexibility index (Phi) is 5.60. The fourth-order valence-electron chi connectivity index (χ4n) is 4.40. The number of para-hydroxylation sites is 1. The molecule has 0 saturated carbocycles. The fourth-order valence-corrected chi connectivity index (χ4v) is 4.40. The van der Waals surface area contributed by atoms with E-state index in [1.165, 1.54) is 40.2 Å². The zero-order valence-electron chi connectivity index (χ0n) is 18.8. The van der Waals surface area contributed by atoms with Crippen LogP contribution in [-0.4, -0.2) is 10.3 Å². The molecule has 0 aliphatic heterocycles. The number of aromatic nitrogens is 1. The van der Waals surface area contributed by atoms with Gasteiger partial charge in [-0.15, -0.1) is 0 Å². The molecule has 0 atom stereocenters. The molecule has 2 nitrogen and oxygen atoms in total. The highest BCUT2D eigenvalue weighted by molar-refractivity contribution is 6.17. The zero-order chi connectivity index (χ0) is 21.9. The van der Waals surface area contributed by atoms with Gasteiger partial charge in [-0.25, -0.2) is 4.99 Å². The summed E-state index contributed by atoms with van der Waals surface area (Å²) < 4.78 is 2.47. The molecule has 5 aromatic rings. The predicted octanol–water partition coefficient (Wildman–Crippen LogP) is 8.07. The normalized spacial score (nSPS) is 12.0. The summed E-state index contributed by atoms with van der Waals surface area (Å²) in [5, 5.41) is 2.60. The summed E-state index contributed by atoms with van der Waals surface area (Å²) in [6, 6.07) is 34.5. The van der Waals surface area contributed by atoms with E-state index in [9.17, 15) is 0 Å². The summed E-state index contributed by atoms with van der Waals surface area (Å²) in [6.45, 7) is 5.40. The number of nitrogens with zero attached hydrogens (tertiary/aromatic N) is 2. The molecule has 0 N–H and O–H groups in total. The number of hydrogen-bond donors (Lipinski definition) is 0. The molecule has 1 aromatic heterocycles. The van der Waals surface area contributed by atoms with Crippen molar-refractivity contribution in [1.29, 1.82) is 0 Å². The molecule has 0 aliphatic carbocycles. The van der Waals surface area contributed by atoms with E-state index < -0.39 is 0 Å². The van der Waals surface area contributed by atoms with Crippen molar-refractivity contribution < 1.29 is 0 Å². The third kappa shape index (κ3) is 3.85. The number of aliphatic imine (C=N–C) groups is 1. The first-order valence-corrected chi connectivity index (χ1v) is 11.5. The lowest BCUT2D eigenvalue weighted by molar-refractivity contribution is 0.665. The average Bonchev–Trinajstić information content (AvgIpc) is 3.16. The van der Waals surface area contributed by atoms with Crippen LogP contribution in [0.4, 0.5) is 5.69 Å². The number of fused-ring (bicyclic) bond motifs is 3. The van der Waals surface area contributed by atoms with E-state index >= 15 is 0 Å². The standard InChI is InChI=1S/C30H28N2/c1-3-4-20-32-28-13-9-8-12-26(28)27-21-24(16-19-29(27)32)30(23-10-6-5-7-11-23)31-25-17-14-22(2)15-18-25/h5-19,21H,3-4,20H2,1-2H3. The van der Waals surface area contributed by atoms with E-state index in [1.54, 1.807) is 0 Å². The number of unbranched alkanes of at least 4 members (excludes halogenated alkanes) is 1. The van der Waals surface area contributed by atoms with E-state index in [-0.39, 0.29) is 0 Å². The van der Waals surface area contributed by atoms with Crippen molar-refractivity contribution in [1.82, 2.24) is 4.57 Å². The number of benzene rings is 4. The van der Waals surface area contributed by atoms with E-state index in [0.717, 1.165) is 29.1 Å². The van der Waals surface area contributed by atoms with Gasteiger partial charge in [0, 0.05) is 39.5 Å². The Morgan fingerprint density at radius 1 is 0.719 bits per heavy atom. The first-order chi connectivity index (χ1) is 15.7.